The molecule has 5 aliphatic rings. The Morgan fingerprint density at radius 2 is 1.78 bits per heavy atom. The molecule has 0 aromatic rings. The van der Waals surface area contributed by atoms with Crippen molar-refractivity contribution >= 4 is 5.97 Å². The molecule has 0 aromatic carbocycles. The van der Waals surface area contributed by atoms with Gasteiger partial charge in [0.1, 0.15) is 0 Å². The molecule has 0 amide bonds. The van der Waals surface area contributed by atoms with Gasteiger partial charge >= 0.3 is 5.97 Å². The first-order valence-corrected chi connectivity index (χ1v) is 13.6. The predicted molar refractivity (Wildman–Crippen MR) is 125 cm³/mol. The van der Waals surface area contributed by atoms with Crippen molar-refractivity contribution in [2.45, 2.75) is 105 Å². The van der Waals surface area contributed by atoms with Gasteiger partial charge in [-0.2, -0.15) is 0 Å². The highest BCUT2D eigenvalue weighted by Crippen LogP contribution is 2.86. The fourth-order valence-corrected chi connectivity index (χ4v) is 11.0. The lowest BCUT2D eigenvalue weighted by atomic mass is 9.43. The molecule has 4 heteroatoms. The Hall–Kier alpha value is -0.610. The van der Waals surface area contributed by atoms with Crippen molar-refractivity contribution in [3.8, 4) is 0 Å². The average Bonchev–Trinajstić information content (AvgIpc) is 3.35. The van der Waals surface area contributed by atoms with Crippen LogP contribution < -0.4 is 0 Å². The molecular weight excluding hydrogens is 400 g/mol. The summed E-state index contributed by atoms with van der Waals surface area (Å²) < 4.78 is 0. The van der Waals surface area contributed by atoms with Crippen molar-refractivity contribution in [1.82, 2.24) is 0 Å². The Labute approximate surface area is 194 Å². The standard InChI is InChI=1S/C28H46O4/c1-6-18-19-14-17(29)9-10-27(19,5)20-13-15(2)22-25-26(4,16(3)7-8-21(30)31)11-12-28(22,25)23(20)24(18)32/h15-20,22-25,29,32H,6-14H2,1-5H3,(H,30,31)/t15-,16+,17+,18+,19-,20?,22+,23?,24?,25?,26+,27-,28?/m0/s1. The van der Waals surface area contributed by atoms with E-state index in [-0.39, 0.29) is 34.9 Å². The molecule has 5 rings (SSSR count). The van der Waals surface area contributed by atoms with Gasteiger partial charge in [-0.3, -0.25) is 4.79 Å². The third-order valence-corrected chi connectivity index (χ3v) is 12.5. The van der Waals surface area contributed by atoms with E-state index >= 15 is 0 Å². The van der Waals surface area contributed by atoms with E-state index in [1.165, 1.54) is 19.3 Å². The Bertz CT molecular complexity index is 767. The second kappa shape index (κ2) is 7.44. The monoisotopic (exact) mass is 446 g/mol. The average molecular weight is 447 g/mol. The predicted octanol–water partition coefficient (Wildman–Crippen LogP) is 5.36. The Kier molecular flexibility index (Phi) is 5.38. The highest BCUT2D eigenvalue weighted by molar-refractivity contribution is 5.66. The minimum atomic E-state index is -0.679. The molecule has 5 fully saturated rings. The number of hydrogen-bond donors (Lipinski definition) is 3. The smallest absolute Gasteiger partial charge is 0.303 e. The minimum absolute atomic E-state index is 0.198. The van der Waals surface area contributed by atoms with Crippen LogP contribution in [0.3, 0.4) is 0 Å². The molecule has 3 N–H and O–H groups in total. The van der Waals surface area contributed by atoms with Gasteiger partial charge in [-0.25, -0.2) is 0 Å². The highest BCUT2D eigenvalue weighted by atomic mass is 16.4. The Balaban J connectivity index is 1.50. The van der Waals surface area contributed by atoms with E-state index in [1.807, 2.05) is 0 Å². The number of aliphatic carboxylic acids is 1. The van der Waals surface area contributed by atoms with E-state index in [9.17, 15) is 20.1 Å². The van der Waals surface area contributed by atoms with Crippen molar-refractivity contribution in [2.24, 2.45) is 63.6 Å². The van der Waals surface area contributed by atoms with Crippen LogP contribution in [0, 0.1) is 63.6 Å². The molecule has 0 aliphatic heterocycles. The molecule has 13 atom stereocenters. The summed E-state index contributed by atoms with van der Waals surface area (Å²) in [5.41, 5.74) is 0.704. The van der Waals surface area contributed by atoms with Crippen LogP contribution in [0.25, 0.3) is 0 Å². The molecule has 182 valence electrons. The van der Waals surface area contributed by atoms with Crippen molar-refractivity contribution in [3.05, 3.63) is 0 Å². The number of carboxylic acid groups (broad SMARTS) is 1. The number of fused-ring (bicyclic) bond motifs is 4. The maximum atomic E-state index is 12.0. The molecule has 5 saturated carbocycles. The molecular formula is C28H46O4. The largest absolute Gasteiger partial charge is 0.481 e. The van der Waals surface area contributed by atoms with Crippen LogP contribution in [0.5, 0.6) is 0 Å². The van der Waals surface area contributed by atoms with Gasteiger partial charge in [-0.15, -0.1) is 0 Å². The fourth-order valence-electron chi connectivity index (χ4n) is 11.0. The van der Waals surface area contributed by atoms with Crippen LogP contribution in [-0.4, -0.2) is 33.5 Å². The lowest BCUT2D eigenvalue weighted by Gasteiger charge is -2.63. The summed E-state index contributed by atoms with van der Waals surface area (Å²) >= 11 is 0. The second-order valence-electron chi connectivity index (χ2n) is 13.4. The normalized spacial score (nSPS) is 57.0. The van der Waals surface area contributed by atoms with Gasteiger partial charge in [0, 0.05) is 6.42 Å². The third kappa shape index (κ3) is 2.84. The van der Waals surface area contributed by atoms with Crippen LogP contribution in [0.4, 0.5) is 0 Å². The van der Waals surface area contributed by atoms with Crippen molar-refractivity contribution < 1.29 is 20.1 Å². The number of aliphatic hydroxyl groups is 2. The van der Waals surface area contributed by atoms with Gasteiger partial charge in [0.15, 0.2) is 0 Å². The van der Waals surface area contributed by atoms with E-state index < -0.39 is 5.97 Å². The van der Waals surface area contributed by atoms with Crippen LogP contribution in [-0.2, 0) is 4.79 Å². The zero-order valence-corrected chi connectivity index (χ0v) is 20.9. The van der Waals surface area contributed by atoms with Crippen LogP contribution >= 0.6 is 0 Å². The van der Waals surface area contributed by atoms with Crippen LogP contribution in [0.1, 0.15) is 92.4 Å². The molecule has 5 aliphatic carbocycles. The minimum Gasteiger partial charge on any atom is -0.481 e. The maximum absolute atomic E-state index is 12.0. The van der Waals surface area contributed by atoms with Gasteiger partial charge in [0.05, 0.1) is 12.2 Å². The summed E-state index contributed by atoms with van der Waals surface area (Å²) in [6.45, 7) is 12.0. The molecule has 0 heterocycles. The van der Waals surface area contributed by atoms with Gasteiger partial charge in [0.2, 0.25) is 0 Å². The third-order valence-electron chi connectivity index (χ3n) is 12.5. The first-order chi connectivity index (χ1) is 15.0. The van der Waals surface area contributed by atoms with E-state index in [0.717, 1.165) is 32.1 Å². The van der Waals surface area contributed by atoms with Gasteiger partial charge < -0.3 is 15.3 Å². The summed E-state index contributed by atoms with van der Waals surface area (Å²) in [4.78, 5) is 11.3. The summed E-state index contributed by atoms with van der Waals surface area (Å²) in [6, 6.07) is 0. The molecule has 0 saturated heterocycles. The summed E-state index contributed by atoms with van der Waals surface area (Å²) in [6.07, 6.45) is 8.13. The Morgan fingerprint density at radius 1 is 1.06 bits per heavy atom. The zero-order chi connectivity index (χ0) is 23.2. The van der Waals surface area contributed by atoms with E-state index in [2.05, 4.69) is 34.6 Å². The van der Waals surface area contributed by atoms with Crippen molar-refractivity contribution in [2.75, 3.05) is 0 Å². The molecule has 4 nitrogen and oxygen atoms in total. The molecule has 5 unspecified atom stereocenters. The van der Waals surface area contributed by atoms with Crippen LogP contribution in [0.2, 0.25) is 0 Å². The number of carboxylic acids is 1. The van der Waals surface area contributed by atoms with Gasteiger partial charge in [0.25, 0.3) is 0 Å². The number of aliphatic hydroxyl groups excluding tert-OH is 2. The lowest BCUT2D eigenvalue weighted by Crippen LogP contribution is -2.61. The quantitative estimate of drug-likeness (QED) is 0.531. The molecule has 32 heavy (non-hydrogen) atoms. The van der Waals surface area contributed by atoms with E-state index in [4.69, 9.17) is 0 Å². The number of carbonyl (C=O) groups is 1. The summed E-state index contributed by atoms with van der Waals surface area (Å²) in [5.74, 6) is 3.46. The summed E-state index contributed by atoms with van der Waals surface area (Å²) in [5, 5.41) is 31.7. The fraction of sp³-hybridized carbons (Fsp3) is 0.964. The molecule has 1 spiro atoms. The van der Waals surface area contributed by atoms with Gasteiger partial charge in [-0.05, 0) is 109 Å². The Morgan fingerprint density at radius 3 is 2.44 bits per heavy atom. The number of hydrogen-bond acceptors (Lipinski definition) is 3. The second-order valence-corrected chi connectivity index (χ2v) is 13.4. The molecule has 0 aromatic heterocycles. The first-order valence-electron chi connectivity index (χ1n) is 13.6. The van der Waals surface area contributed by atoms with Crippen molar-refractivity contribution in [3.63, 3.8) is 0 Å². The topological polar surface area (TPSA) is 77.8 Å². The molecule has 0 radical (unpaired) electrons. The van der Waals surface area contributed by atoms with E-state index in [1.54, 1.807) is 0 Å². The lowest BCUT2D eigenvalue weighted by molar-refractivity contribution is -0.194. The first kappa shape index (κ1) is 23.1. The van der Waals surface area contributed by atoms with E-state index in [0.29, 0.717) is 47.3 Å². The number of rotatable bonds is 5. The summed E-state index contributed by atoms with van der Waals surface area (Å²) in [7, 11) is 0. The van der Waals surface area contributed by atoms with Gasteiger partial charge in [-0.1, -0.05) is 41.0 Å². The van der Waals surface area contributed by atoms with Crippen molar-refractivity contribution in [1.29, 1.82) is 0 Å². The maximum Gasteiger partial charge on any atom is 0.303 e. The SMILES string of the molecule is CC[C@H]1C(O)C2C(C[C@H](C)[C@@H]3C4C23CC[C@]4(C)[C@H](C)CCC(=O)O)[C@@]2(C)CC[C@@H](O)C[C@@H]12. The highest BCUT2D eigenvalue weighted by Gasteiger charge is 2.82. The molecule has 0 bridgehead atoms. The van der Waals surface area contributed by atoms with Crippen LogP contribution in [0.15, 0.2) is 0 Å². The zero-order valence-electron chi connectivity index (χ0n) is 20.9.